The van der Waals surface area contributed by atoms with Gasteiger partial charge in [0.15, 0.2) is 0 Å². The highest BCUT2D eigenvalue weighted by Gasteiger charge is 2.27. The van der Waals surface area contributed by atoms with Crippen molar-refractivity contribution in [2.75, 3.05) is 6.54 Å². The normalized spacial score (nSPS) is 28.9. The van der Waals surface area contributed by atoms with Crippen molar-refractivity contribution in [1.29, 1.82) is 0 Å². The van der Waals surface area contributed by atoms with E-state index >= 15 is 0 Å². The van der Waals surface area contributed by atoms with Gasteiger partial charge in [-0.25, -0.2) is 0 Å². The Kier molecular flexibility index (Phi) is 3.56. The highest BCUT2D eigenvalue weighted by atomic mass is 15.2. The van der Waals surface area contributed by atoms with Crippen molar-refractivity contribution < 1.29 is 0 Å². The van der Waals surface area contributed by atoms with Crippen LogP contribution in [0, 0.1) is 0 Å². The van der Waals surface area contributed by atoms with Gasteiger partial charge in [0.2, 0.25) is 0 Å². The minimum absolute atomic E-state index is 0.385. The zero-order chi connectivity index (χ0) is 11.5. The predicted molar refractivity (Wildman–Crippen MR) is 66.0 cm³/mol. The van der Waals surface area contributed by atoms with E-state index in [1.54, 1.807) is 0 Å². The van der Waals surface area contributed by atoms with Gasteiger partial charge in [-0.15, -0.1) is 0 Å². The second-order valence-electron chi connectivity index (χ2n) is 4.83. The monoisotopic (exact) mass is 219 g/mol. The van der Waals surface area contributed by atoms with Crippen molar-refractivity contribution in [2.45, 2.75) is 44.8 Å². The molecular weight excluding hydrogens is 198 g/mol. The molecule has 2 heterocycles. The van der Waals surface area contributed by atoms with Gasteiger partial charge in [-0.05, 0) is 44.4 Å². The summed E-state index contributed by atoms with van der Waals surface area (Å²) < 4.78 is 0. The van der Waals surface area contributed by atoms with Gasteiger partial charge >= 0.3 is 0 Å². The van der Waals surface area contributed by atoms with E-state index in [4.69, 9.17) is 5.73 Å². The van der Waals surface area contributed by atoms with Gasteiger partial charge in [-0.2, -0.15) is 0 Å². The molecule has 1 aliphatic rings. The number of aromatic nitrogens is 1. The van der Waals surface area contributed by atoms with E-state index in [-0.39, 0.29) is 0 Å². The molecule has 3 heteroatoms. The Bertz CT molecular complexity index is 325. The van der Waals surface area contributed by atoms with Crippen LogP contribution in [-0.4, -0.2) is 28.5 Å². The molecule has 0 aromatic carbocycles. The molecule has 3 unspecified atom stereocenters. The lowest BCUT2D eigenvalue weighted by Crippen LogP contribution is -2.46. The summed E-state index contributed by atoms with van der Waals surface area (Å²) in [7, 11) is 0. The Hall–Kier alpha value is -0.930. The van der Waals surface area contributed by atoms with E-state index in [0.29, 0.717) is 18.1 Å². The molecule has 2 N–H and O–H groups in total. The molecule has 1 aromatic heterocycles. The number of nitrogens with zero attached hydrogens (tertiary/aromatic N) is 2. The Morgan fingerprint density at radius 3 is 2.75 bits per heavy atom. The zero-order valence-corrected chi connectivity index (χ0v) is 10.1. The van der Waals surface area contributed by atoms with Crippen molar-refractivity contribution in [3.63, 3.8) is 0 Å². The number of likely N-dealkylation sites (tertiary alicyclic amines) is 1. The van der Waals surface area contributed by atoms with Crippen molar-refractivity contribution in [3.05, 3.63) is 30.1 Å². The zero-order valence-electron chi connectivity index (χ0n) is 10.1. The average Bonchev–Trinajstić information content (AvgIpc) is 2.29. The molecule has 3 nitrogen and oxygen atoms in total. The summed E-state index contributed by atoms with van der Waals surface area (Å²) in [5.41, 5.74) is 7.33. The van der Waals surface area contributed by atoms with Crippen LogP contribution in [0.15, 0.2) is 24.5 Å². The van der Waals surface area contributed by atoms with Gasteiger partial charge in [0.05, 0.1) is 0 Å². The molecule has 2 rings (SSSR count). The van der Waals surface area contributed by atoms with Crippen molar-refractivity contribution in [1.82, 2.24) is 9.88 Å². The van der Waals surface area contributed by atoms with E-state index in [0.717, 1.165) is 19.4 Å². The summed E-state index contributed by atoms with van der Waals surface area (Å²) in [4.78, 5) is 6.61. The van der Waals surface area contributed by atoms with Crippen LogP contribution in [0.4, 0.5) is 0 Å². The number of nitrogens with two attached hydrogens (primary N) is 1. The summed E-state index contributed by atoms with van der Waals surface area (Å²) in [6.45, 7) is 5.64. The molecule has 1 aromatic rings. The maximum atomic E-state index is 5.99. The summed E-state index contributed by atoms with van der Waals surface area (Å²) >= 11 is 0. The molecule has 0 amide bonds. The fourth-order valence-corrected chi connectivity index (χ4v) is 2.64. The van der Waals surface area contributed by atoms with Gasteiger partial charge < -0.3 is 5.73 Å². The van der Waals surface area contributed by atoms with Crippen LogP contribution in [0.5, 0.6) is 0 Å². The first kappa shape index (κ1) is 11.6. The molecule has 1 fully saturated rings. The van der Waals surface area contributed by atoms with Crippen LogP contribution in [0.2, 0.25) is 0 Å². The van der Waals surface area contributed by atoms with Crippen LogP contribution in [0.25, 0.3) is 0 Å². The first-order valence-corrected chi connectivity index (χ1v) is 6.09. The van der Waals surface area contributed by atoms with Crippen LogP contribution in [0.1, 0.15) is 38.3 Å². The summed E-state index contributed by atoms with van der Waals surface area (Å²) in [6, 6.07) is 5.63. The molecule has 3 atom stereocenters. The van der Waals surface area contributed by atoms with Gasteiger partial charge in [-0.1, -0.05) is 0 Å². The van der Waals surface area contributed by atoms with Crippen LogP contribution in [-0.2, 0) is 0 Å². The Labute approximate surface area is 97.7 Å². The van der Waals surface area contributed by atoms with Gasteiger partial charge in [0.25, 0.3) is 0 Å². The van der Waals surface area contributed by atoms with E-state index in [2.05, 4.69) is 35.9 Å². The third kappa shape index (κ3) is 2.42. The topological polar surface area (TPSA) is 42.1 Å². The molecule has 0 radical (unpaired) electrons. The SMILES string of the molecule is CC1CC(N)CCN1C(C)c1ccncc1. The van der Waals surface area contributed by atoms with Crippen LogP contribution >= 0.6 is 0 Å². The molecule has 88 valence electrons. The van der Waals surface area contributed by atoms with Crippen LogP contribution in [0.3, 0.4) is 0 Å². The predicted octanol–water partition coefficient (Wildman–Crippen LogP) is 1.95. The Balaban J connectivity index is 2.07. The lowest BCUT2D eigenvalue weighted by Gasteiger charge is -2.40. The summed E-state index contributed by atoms with van der Waals surface area (Å²) in [5, 5.41) is 0. The van der Waals surface area contributed by atoms with E-state index in [1.165, 1.54) is 5.56 Å². The first-order chi connectivity index (χ1) is 7.68. The lowest BCUT2D eigenvalue weighted by atomic mass is 9.95. The molecule has 0 bridgehead atoms. The highest BCUT2D eigenvalue weighted by Crippen LogP contribution is 2.27. The largest absolute Gasteiger partial charge is 0.328 e. The molecule has 0 saturated carbocycles. The maximum absolute atomic E-state index is 5.99. The molecule has 0 spiro atoms. The molecular formula is C13H21N3. The Morgan fingerprint density at radius 2 is 2.12 bits per heavy atom. The number of piperidine rings is 1. The van der Waals surface area contributed by atoms with E-state index in [9.17, 15) is 0 Å². The van der Waals surface area contributed by atoms with Gasteiger partial charge in [-0.3, -0.25) is 9.88 Å². The first-order valence-electron chi connectivity index (χ1n) is 6.09. The third-order valence-electron chi connectivity index (χ3n) is 3.65. The van der Waals surface area contributed by atoms with Crippen molar-refractivity contribution in [2.24, 2.45) is 5.73 Å². The second-order valence-corrected chi connectivity index (χ2v) is 4.83. The van der Waals surface area contributed by atoms with E-state index in [1.807, 2.05) is 12.4 Å². The quantitative estimate of drug-likeness (QED) is 0.826. The molecule has 1 aliphatic heterocycles. The Morgan fingerprint density at radius 1 is 1.44 bits per heavy atom. The van der Waals surface area contributed by atoms with Crippen LogP contribution < -0.4 is 5.73 Å². The minimum Gasteiger partial charge on any atom is -0.328 e. The average molecular weight is 219 g/mol. The number of hydrogen-bond donors (Lipinski definition) is 1. The smallest absolute Gasteiger partial charge is 0.0323 e. The number of rotatable bonds is 2. The molecule has 0 aliphatic carbocycles. The van der Waals surface area contributed by atoms with Crippen molar-refractivity contribution >= 4 is 0 Å². The fraction of sp³-hybridized carbons (Fsp3) is 0.615. The van der Waals surface area contributed by atoms with Gasteiger partial charge in [0, 0.05) is 37.1 Å². The minimum atomic E-state index is 0.385. The van der Waals surface area contributed by atoms with Gasteiger partial charge in [0.1, 0.15) is 0 Å². The van der Waals surface area contributed by atoms with Crippen molar-refractivity contribution in [3.8, 4) is 0 Å². The second kappa shape index (κ2) is 4.93. The summed E-state index contributed by atoms with van der Waals surface area (Å²) in [5.74, 6) is 0. The number of pyridine rings is 1. The standard InChI is InChI=1S/C13H21N3/c1-10-9-13(14)5-8-16(10)11(2)12-3-6-15-7-4-12/h3-4,6-7,10-11,13H,5,8-9,14H2,1-2H3. The molecule has 16 heavy (non-hydrogen) atoms. The summed E-state index contributed by atoms with van der Waals surface area (Å²) in [6.07, 6.45) is 5.95. The third-order valence-corrected chi connectivity index (χ3v) is 3.65. The number of hydrogen-bond acceptors (Lipinski definition) is 3. The maximum Gasteiger partial charge on any atom is 0.0323 e. The highest BCUT2D eigenvalue weighted by molar-refractivity contribution is 5.14. The van der Waals surface area contributed by atoms with E-state index < -0.39 is 0 Å². The fourth-order valence-electron chi connectivity index (χ4n) is 2.64. The lowest BCUT2D eigenvalue weighted by molar-refractivity contribution is 0.104. The molecule has 1 saturated heterocycles.